The molecule has 0 saturated carbocycles. The van der Waals surface area contributed by atoms with Crippen molar-refractivity contribution in [1.29, 1.82) is 0 Å². The molecule has 2 aromatic rings. The Morgan fingerprint density at radius 2 is 1.91 bits per heavy atom. The Bertz CT molecular complexity index is 834. The molecule has 0 bridgehead atoms. The highest BCUT2D eigenvalue weighted by atomic mass is 32.2. The van der Waals surface area contributed by atoms with Crippen LogP contribution < -0.4 is 15.2 Å². The second-order valence-corrected chi connectivity index (χ2v) is 6.68. The summed E-state index contributed by atoms with van der Waals surface area (Å²) in [6, 6.07) is 5.91. The molecule has 0 saturated heterocycles. The lowest BCUT2D eigenvalue weighted by Gasteiger charge is -2.11. The van der Waals surface area contributed by atoms with Crippen molar-refractivity contribution in [2.75, 3.05) is 14.2 Å². The van der Waals surface area contributed by atoms with Crippen LogP contribution in [0.4, 0.5) is 0 Å². The Morgan fingerprint density at radius 3 is 2.52 bits per heavy atom. The second kappa shape index (κ2) is 6.66. The average molecular weight is 336 g/mol. The predicted octanol–water partition coefficient (Wildman–Crippen LogP) is 1.17. The van der Waals surface area contributed by atoms with Crippen LogP contribution in [-0.4, -0.2) is 33.5 Å². The van der Waals surface area contributed by atoms with Crippen molar-refractivity contribution < 1.29 is 22.7 Å². The van der Waals surface area contributed by atoms with Gasteiger partial charge in [0, 0.05) is 18.5 Å². The van der Waals surface area contributed by atoms with Crippen LogP contribution in [-0.2, 0) is 15.6 Å². The minimum absolute atomic E-state index is 0.00354. The van der Waals surface area contributed by atoms with Gasteiger partial charge in [-0.05, 0) is 23.8 Å². The van der Waals surface area contributed by atoms with Crippen molar-refractivity contribution >= 4 is 15.7 Å². The molecule has 122 valence electrons. The predicted molar refractivity (Wildman–Crippen MR) is 83.2 cm³/mol. The quantitative estimate of drug-likeness (QED) is 0.848. The summed E-state index contributed by atoms with van der Waals surface area (Å²) < 4.78 is 35.5. The largest absolute Gasteiger partial charge is 0.497 e. The fraction of sp³-hybridized carbons (Fsp3) is 0.200. The van der Waals surface area contributed by atoms with E-state index in [2.05, 4.69) is 4.98 Å². The van der Waals surface area contributed by atoms with E-state index in [1.165, 1.54) is 44.8 Å². The molecular formula is C15H16N2O5S. The number of hydrogen-bond acceptors (Lipinski definition) is 6. The van der Waals surface area contributed by atoms with E-state index < -0.39 is 15.7 Å². The van der Waals surface area contributed by atoms with Gasteiger partial charge in [0.15, 0.2) is 9.84 Å². The first-order valence-corrected chi connectivity index (χ1v) is 8.21. The van der Waals surface area contributed by atoms with E-state index in [9.17, 15) is 13.2 Å². The van der Waals surface area contributed by atoms with Crippen molar-refractivity contribution in [3.63, 3.8) is 0 Å². The molecule has 2 rings (SSSR count). The highest BCUT2D eigenvalue weighted by Gasteiger charge is 2.22. The molecule has 0 aliphatic rings. The van der Waals surface area contributed by atoms with Gasteiger partial charge in [0.25, 0.3) is 0 Å². The van der Waals surface area contributed by atoms with Gasteiger partial charge >= 0.3 is 0 Å². The first kappa shape index (κ1) is 16.8. The fourth-order valence-electron chi connectivity index (χ4n) is 2.03. The van der Waals surface area contributed by atoms with Crippen LogP contribution in [0.1, 0.15) is 15.9 Å². The van der Waals surface area contributed by atoms with E-state index in [0.29, 0.717) is 11.3 Å². The number of nitrogens with zero attached hydrogens (tertiary/aromatic N) is 1. The van der Waals surface area contributed by atoms with Gasteiger partial charge < -0.3 is 15.2 Å². The summed E-state index contributed by atoms with van der Waals surface area (Å²) in [5.74, 6) is -0.404. The summed E-state index contributed by atoms with van der Waals surface area (Å²) in [6.45, 7) is 0. The molecule has 23 heavy (non-hydrogen) atoms. The van der Waals surface area contributed by atoms with Gasteiger partial charge in [-0.1, -0.05) is 0 Å². The highest BCUT2D eigenvalue weighted by Crippen LogP contribution is 2.30. The number of carbonyl (C=O) groups is 1. The zero-order valence-electron chi connectivity index (χ0n) is 12.6. The number of hydrogen-bond donors (Lipinski definition) is 1. The molecule has 0 radical (unpaired) electrons. The fourth-order valence-corrected chi connectivity index (χ4v) is 3.53. The smallest absolute Gasteiger partial charge is 0.250 e. The first-order chi connectivity index (χ1) is 10.9. The molecule has 1 heterocycles. The Kier molecular flexibility index (Phi) is 4.85. The van der Waals surface area contributed by atoms with Gasteiger partial charge in [-0.25, -0.2) is 8.42 Å². The van der Waals surface area contributed by atoms with E-state index in [4.69, 9.17) is 15.2 Å². The minimum atomic E-state index is -3.73. The number of nitrogens with two attached hydrogens (primary N) is 1. The van der Waals surface area contributed by atoms with Gasteiger partial charge in [0.05, 0.1) is 25.5 Å². The van der Waals surface area contributed by atoms with Gasteiger partial charge in [0.2, 0.25) is 5.91 Å². The summed E-state index contributed by atoms with van der Waals surface area (Å²) >= 11 is 0. The second-order valence-electron chi connectivity index (χ2n) is 4.72. The van der Waals surface area contributed by atoms with E-state index >= 15 is 0 Å². The Hall–Kier alpha value is -2.61. The van der Waals surface area contributed by atoms with Gasteiger partial charge in [-0.2, -0.15) is 0 Å². The van der Waals surface area contributed by atoms with Crippen LogP contribution in [0, 0.1) is 0 Å². The number of methoxy groups -OCH3 is 2. The third-order valence-corrected chi connectivity index (χ3v) is 4.84. The number of pyridine rings is 1. The summed E-state index contributed by atoms with van der Waals surface area (Å²) in [5.41, 5.74) is 5.68. The van der Waals surface area contributed by atoms with Crippen molar-refractivity contribution in [2.45, 2.75) is 10.6 Å². The third-order valence-electron chi connectivity index (χ3n) is 3.14. The third kappa shape index (κ3) is 3.78. The number of ether oxygens (including phenoxy) is 2. The summed E-state index contributed by atoms with van der Waals surface area (Å²) in [7, 11) is -0.900. The van der Waals surface area contributed by atoms with Crippen molar-refractivity contribution in [3.8, 4) is 11.5 Å². The number of primary amides is 1. The van der Waals surface area contributed by atoms with E-state index in [1.807, 2.05) is 0 Å². The van der Waals surface area contributed by atoms with Crippen molar-refractivity contribution in [3.05, 3.63) is 47.8 Å². The molecule has 0 aliphatic carbocycles. The topological polar surface area (TPSA) is 109 Å². The summed E-state index contributed by atoms with van der Waals surface area (Å²) in [6.07, 6.45) is 2.65. The number of sulfone groups is 1. The van der Waals surface area contributed by atoms with Gasteiger partial charge in [-0.15, -0.1) is 0 Å². The molecule has 8 heteroatoms. The molecule has 0 aliphatic heterocycles. The Morgan fingerprint density at radius 1 is 1.17 bits per heavy atom. The molecule has 2 N–H and O–H groups in total. The highest BCUT2D eigenvalue weighted by molar-refractivity contribution is 7.90. The standard InChI is InChI=1S/C15H16N2O5S/c1-21-12-3-4-13(22-2)14(6-12)23(19,20)9-10-5-11(15(16)18)8-17-7-10/h3-8H,9H2,1-2H3,(H2,16,18). The maximum absolute atomic E-state index is 12.7. The minimum Gasteiger partial charge on any atom is -0.497 e. The molecule has 0 atom stereocenters. The summed E-state index contributed by atoms with van der Waals surface area (Å²) in [5, 5.41) is 0. The molecule has 0 unspecified atom stereocenters. The number of carbonyl (C=O) groups excluding carboxylic acids is 1. The van der Waals surface area contributed by atoms with Crippen LogP contribution >= 0.6 is 0 Å². The normalized spacial score (nSPS) is 11.0. The molecule has 1 aromatic heterocycles. The molecule has 7 nitrogen and oxygen atoms in total. The zero-order chi connectivity index (χ0) is 17.0. The maximum Gasteiger partial charge on any atom is 0.250 e. The van der Waals surface area contributed by atoms with Crippen LogP contribution in [0.2, 0.25) is 0 Å². The van der Waals surface area contributed by atoms with Gasteiger partial charge in [0.1, 0.15) is 16.4 Å². The first-order valence-electron chi connectivity index (χ1n) is 6.56. The lowest BCUT2D eigenvalue weighted by Crippen LogP contribution is -2.13. The number of benzene rings is 1. The van der Waals surface area contributed by atoms with Crippen molar-refractivity contribution in [2.24, 2.45) is 5.73 Å². The lowest BCUT2D eigenvalue weighted by molar-refractivity contribution is 0.1000. The molecule has 0 fully saturated rings. The molecule has 0 spiro atoms. The number of aromatic nitrogens is 1. The number of rotatable bonds is 6. The van der Waals surface area contributed by atoms with E-state index in [0.717, 1.165) is 0 Å². The van der Waals surface area contributed by atoms with E-state index in [1.54, 1.807) is 6.07 Å². The van der Waals surface area contributed by atoms with E-state index in [-0.39, 0.29) is 22.0 Å². The monoisotopic (exact) mass is 336 g/mol. The Labute approximate surface area is 134 Å². The van der Waals surface area contributed by atoms with Gasteiger partial charge in [-0.3, -0.25) is 9.78 Å². The molecule has 1 amide bonds. The summed E-state index contributed by atoms with van der Waals surface area (Å²) in [4.78, 5) is 15.0. The Balaban J connectivity index is 2.43. The number of amides is 1. The average Bonchev–Trinajstić information content (AvgIpc) is 2.54. The molecular weight excluding hydrogens is 320 g/mol. The molecule has 1 aromatic carbocycles. The lowest BCUT2D eigenvalue weighted by atomic mass is 10.2. The van der Waals surface area contributed by atoms with Crippen molar-refractivity contribution in [1.82, 2.24) is 4.98 Å². The SMILES string of the molecule is COc1ccc(OC)c(S(=O)(=O)Cc2cncc(C(N)=O)c2)c1. The van der Waals surface area contributed by atoms with Crippen LogP contribution in [0.25, 0.3) is 0 Å². The van der Waals surface area contributed by atoms with Crippen LogP contribution in [0.5, 0.6) is 11.5 Å². The van der Waals surface area contributed by atoms with Crippen LogP contribution in [0.15, 0.2) is 41.6 Å². The maximum atomic E-state index is 12.7. The zero-order valence-corrected chi connectivity index (χ0v) is 13.5. The van der Waals surface area contributed by atoms with Crippen LogP contribution in [0.3, 0.4) is 0 Å².